The Hall–Kier alpha value is -2.34. The van der Waals surface area contributed by atoms with Crippen LogP contribution in [0.2, 0.25) is 5.02 Å². The van der Waals surface area contributed by atoms with Crippen LogP contribution < -0.4 is 0 Å². The third kappa shape index (κ3) is 3.01. The minimum absolute atomic E-state index is 0.184. The molecule has 0 bridgehead atoms. The number of carbonyl (C=O) groups is 2. The monoisotopic (exact) mass is 347 g/mol. The summed E-state index contributed by atoms with van der Waals surface area (Å²) in [5, 5.41) is 14.0. The van der Waals surface area contributed by atoms with Crippen LogP contribution in [0.3, 0.4) is 0 Å². The van der Waals surface area contributed by atoms with Crippen molar-refractivity contribution < 1.29 is 14.7 Å². The molecule has 1 atom stereocenters. The van der Waals surface area contributed by atoms with Crippen molar-refractivity contribution in [3.63, 3.8) is 0 Å². The number of nitrogens with zero attached hydrogens (tertiary/aromatic N) is 3. The maximum absolute atomic E-state index is 12.8. The van der Waals surface area contributed by atoms with Crippen LogP contribution in [0.1, 0.15) is 28.9 Å². The first kappa shape index (κ1) is 16.5. The molecule has 6 nitrogen and oxygen atoms in total. The van der Waals surface area contributed by atoms with E-state index < -0.39 is 11.9 Å². The van der Waals surface area contributed by atoms with Gasteiger partial charge in [-0.3, -0.25) is 9.59 Å². The van der Waals surface area contributed by atoms with Crippen LogP contribution in [-0.4, -0.2) is 44.8 Å². The van der Waals surface area contributed by atoms with Gasteiger partial charge in [0, 0.05) is 13.1 Å². The second-order valence-corrected chi connectivity index (χ2v) is 6.34. The Kier molecular flexibility index (Phi) is 4.57. The fraction of sp³-hybridized carbons (Fsp3) is 0.353. The van der Waals surface area contributed by atoms with Gasteiger partial charge in [0.2, 0.25) is 0 Å². The van der Waals surface area contributed by atoms with E-state index >= 15 is 0 Å². The molecule has 1 fully saturated rings. The number of carboxylic acid groups (broad SMARTS) is 1. The summed E-state index contributed by atoms with van der Waals surface area (Å²) in [5.74, 6) is -1.53. The average Bonchev–Trinajstić information content (AvgIpc) is 2.96. The number of hydrogen-bond acceptors (Lipinski definition) is 3. The number of amides is 1. The summed E-state index contributed by atoms with van der Waals surface area (Å²) in [6.45, 7) is 2.62. The van der Waals surface area contributed by atoms with E-state index in [0.717, 1.165) is 0 Å². The molecule has 1 amide bonds. The molecule has 0 saturated carbocycles. The normalized spacial score (nSPS) is 17.8. The smallest absolute Gasteiger partial charge is 0.308 e. The SMILES string of the molecule is Cc1c(C(=O)N2CCC[C@H](C(=O)O)C2)cnn1-c1ccccc1Cl. The highest BCUT2D eigenvalue weighted by molar-refractivity contribution is 6.32. The molecule has 1 aliphatic heterocycles. The van der Waals surface area contributed by atoms with Gasteiger partial charge in [0.15, 0.2) is 0 Å². The molecule has 7 heteroatoms. The van der Waals surface area contributed by atoms with Gasteiger partial charge in [0.05, 0.1) is 34.1 Å². The number of para-hydroxylation sites is 1. The molecule has 2 aromatic rings. The number of carbonyl (C=O) groups excluding carboxylic acids is 1. The van der Waals surface area contributed by atoms with E-state index in [1.807, 2.05) is 25.1 Å². The molecule has 1 aromatic carbocycles. The molecule has 1 aromatic heterocycles. The van der Waals surface area contributed by atoms with Gasteiger partial charge in [-0.2, -0.15) is 5.10 Å². The lowest BCUT2D eigenvalue weighted by Crippen LogP contribution is -2.42. The Bertz CT molecular complexity index is 787. The second kappa shape index (κ2) is 6.65. The van der Waals surface area contributed by atoms with Gasteiger partial charge in [-0.25, -0.2) is 4.68 Å². The minimum atomic E-state index is -0.851. The van der Waals surface area contributed by atoms with Gasteiger partial charge >= 0.3 is 5.97 Å². The third-order valence-corrected chi connectivity index (χ3v) is 4.70. The van der Waals surface area contributed by atoms with Crippen LogP contribution >= 0.6 is 11.6 Å². The summed E-state index contributed by atoms with van der Waals surface area (Å²) in [4.78, 5) is 25.5. The van der Waals surface area contributed by atoms with Crippen molar-refractivity contribution >= 4 is 23.5 Å². The first-order valence-corrected chi connectivity index (χ1v) is 8.18. The summed E-state index contributed by atoms with van der Waals surface area (Å²) in [5.41, 5.74) is 1.87. The highest BCUT2D eigenvalue weighted by Gasteiger charge is 2.30. The Morgan fingerprint density at radius 3 is 2.79 bits per heavy atom. The zero-order valence-electron chi connectivity index (χ0n) is 13.3. The topological polar surface area (TPSA) is 75.4 Å². The maximum atomic E-state index is 12.8. The van der Waals surface area contributed by atoms with Crippen LogP contribution in [0.4, 0.5) is 0 Å². The Morgan fingerprint density at radius 1 is 1.33 bits per heavy atom. The lowest BCUT2D eigenvalue weighted by Gasteiger charge is -2.30. The molecule has 1 aliphatic rings. The summed E-state index contributed by atoms with van der Waals surface area (Å²) in [6, 6.07) is 7.28. The van der Waals surface area contributed by atoms with Crippen molar-refractivity contribution in [2.45, 2.75) is 19.8 Å². The van der Waals surface area contributed by atoms with Crippen molar-refractivity contribution in [2.24, 2.45) is 5.92 Å². The fourth-order valence-electron chi connectivity index (χ4n) is 3.02. The predicted octanol–water partition coefficient (Wildman–Crippen LogP) is 2.77. The summed E-state index contributed by atoms with van der Waals surface area (Å²) >= 11 is 6.20. The molecule has 2 heterocycles. The van der Waals surface area contributed by atoms with Gasteiger partial charge in [-0.1, -0.05) is 23.7 Å². The van der Waals surface area contributed by atoms with Gasteiger partial charge in [-0.05, 0) is 31.9 Å². The number of aliphatic carboxylic acids is 1. The molecule has 0 spiro atoms. The number of aromatic nitrogens is 2. The van der Waals surface area contributed by atoms with Crippen LogP contribution in [0.25, 0.3) is 5.69 Å². The van der Waals surface area contributed by atoms with Gasteiger partial charge < -0.3 is 10.0 Å². The standard InChI is InChI=1S/C17H18ClN3O3/c1-11-13(9-19-21(11)15-7-3-2-6-14(15)18)16(22)20-8-4-5-12(10-20)17(23)24/h2-3,6-7,9,12H,4-5,8,10H2,1H3,(H,23,24)/t12-/m0/s1. The molecule has 1 saturated heterocycles. The van der Waals surface area contributed by atoms with E-state index in [1.165, 1.54) is 6.20 Å². The van der Waals surface area contributed by atoms with Gasteiger partial charge in [0.25, 0.3) is 5.91 Å². The molecule has 126 valence electrons. The number of carboxylic acids is 1. The van der Waals surface area contributed by atoms with E-state index in [2.05, 4.69) is 5.10 Å². The van der Waals surface area contributed by atoms with Gasteiger partial charge in [0.1, 0.15) is 0 Å². The van der Waals surface area contributed by atoms with Crippen LogP contribution in [0.15, 0.2) is 30.5 Å². The van der Waals surface area contributed by atoms with Crippen LogP contribution in [0.5, 0.6) is 0 Å². The highest BCUT2D eigenvalue weighted by Crippen LogP contribution is 2.24. The first-order chi connectivity index (χ1) is 11.5. The average molecular weight is 348 g/mol. The molecular weight excluding hydrogens is 330 g/mol. The van der Waals surface area contributed by atoms with Crippen molar-refractivity contribution in [1.82, 2.24) is 14.7 Å². The Balaban J connectivity index is 1.87. The molecule has 1 N–H and O–H groups in total. The molecule has 0 radical (unpaired) electrons. The van der Waals surface area contributed by atoms with E-state index in [1.54, 1.807) is 15.6 Å². The number of halogens is 1. The van der Waals surface area contributed by atoms with E-state index in [-0.39, 0.29) is 12.5 Å². The fourth-order valence-corrected chi connectivity index (χ4v) is 3.24. The summed E-state index contributed by atoms with van der Waals surface area (Å²) in [6.07, 6.45) is 2.82. The maximum Gasteiger partial charge on any atom is 0.308 e. The quantitative estimate of drug-likeness (QED) is 0.926. The number of rotatable bonds is 3. The molecule has 0 aliphatic carbocycles. The highest BCUT2D eigenvalue weighted by atomic mass is 35.5. The lowest BCUT2D eigenvalue weighted by molar-refractivity contribution is -0.143. The van der Waals surface area contributed by atoms with Crippen LogP contribution in [0, 0.1) is 12.8 Å². The van der Waals surface area contributed by atoms with E-state index in [9.17, 15) is 14.7 Å². The number of piperidine rings is 1. The van der Waals surface area contributed by atoms with Crippen molar-refractivity contribution in [3.05, 3.63) is 46.7 Å². The predicted molar refractivity (Wildman–Crippen MR) is 89.6 cm³/mol. The Morgan fingerprint density at radius 2 is 2.08 bits per heavy atom. The van der Waals surface area contributed by atoms with E-state index in [0.29, 0.717) is 41.4 Å². The zero-order chi connectivity index (χ0) is 17.3. The second-order valence-electron chi connectivity index (χ2n) is 5.94. The number of benzene rings is 1. The summed E-state index contributed by atoms with van der Waals surface area (Å²) < 4.78 is 1.63. The molecular formula is C17H18ClN3O3. The molecule has 24 heavy (non-hydrogen) atoms. The van der Waals surface area contributed by atoms with Crippen LogP contribution in [-0.2, 0) is 4.79 Å². The van der Waals surface area contributed by atoms with Crippen molar-refractivity contribution in [1.29, 1.82) is 0 Å². The molecule has 0 unspecified atom stereocenters. The molecule has 3 rings (SSSR count). The first-order valence-electron chi connectivity index (χ1n) is 7.80. The third-order valence-electron chi connectivity index (χ3n) is 4.38. The van der Waals surface area contributed by atoms with Gasteiger partial charge in [-0.15, -0.1) is 0 Å². The minimum Gasteiger partial charge on any atom is -0.481 e. The number of hydrogen-bond donors (Lipinski definition) is 1. The van der Waals surface area contributed by atoms with E-state index in [4.69, 9.17) is 11.6 Å². The summed E-state index contributed by atoms with van der Waals surface area (Å²) in [7, 11) is 0. The lowest BCUT2D eigenvalue weighted by atomic mass is 9.98. The Labute approximate surface area is 144 Å². The van der Waals surface area contributed by atoms with Crippen molar-refractivity contribution in [2.75, 3.05) is 13.1 Å². The zero-order valence-corrected chi connectivity index (χ0v) is 14.0. The number of likely N-dealkylation sites (tertiary alicyclic amines) is 1. The van der Waals surface area contributed by atoms with Crippen molar-refractivity contribution in [3.8, 4) is 5.69 Å². The largest absolute Gasteiger partial charge is 0.481 e.